The van der Waals surface area contributed by atoms with Crippen LogP contribution >= 0.6 is 0 Å². The van der Waals surface area contributed by atoms with Gasteiger partial charge in [0.2, 0.25) is 0 Å². The minimum atomic E-state index is -2.05. The number of hydrogen-bond acceptors (Lipinski definition) is 0. The van der Waals surface area contributed by atoms with Gasteiger partial charge >= 0.3 is 0 Å². The molecule has 0 N–H and O–H groups in total. The van der Waals surface area contributed by atoms with Gasteiger partial charge in [-0.15, -0.1) is 0 Å². The molecule has 3 aromatic carbocycles. The summed E-state index contributed by atoms with van der Waals surface area (Å²) >= 11 is 0. The van der Waals surface area contributed by atoms with Crippen LogP contribution in [-0.4, -0.2) is 8.07 Å². The molecule has 0 spiro atoms. The Morgan fingerprint density at radius 3 is 1.18 bits per heavy atom. The van der Waals surface area contributed by atoms with Crippen molar-refractivity contribution in [1.29, 1.82) is 0 Å². The number of rotatable bonds is 5. The molecular weight excluding hydrogens is 280 g/mol. The molecule has 3 aromatic rings. The second-order valence-electron chi connectivity index (χ2n) is 5.52. The highest BCUT2D eigenvalue weighted by Crippen LogP contribution is 2.12. The molecule has 3 rings (SSSR count). The summed E-state index contributed by atoms with van der Waals surface area (Å²) < 4.78 is 0. The Balaban J connectivity index is 2.29. The third kappa shape index (κ3) is 2.64. The Bertz CT molecular complexity index is 593. The summed E-state index contributed by atoms with van der Waals surface area (Å²) in [6.07, 6.45) is 1.07. The van der Waals surface area contributed by atoms with Gasteiger partial charge in [0.1, 0.15) is 0 Å². The van der Waals surface area contributed by atoms with Gasteiger partial charge in [-0.1, -0.05) is 104 Å². The molecule has 0 nitrogen and oxygen atoms in total. The van der Waals surface area contributed by atoms with Crippen molar-refractivity contribution in [2.24, 2.45) is 0 Å². The second-order valence-corrected chi connectivity index (χ2v) is 9.27. The maximum atomic E-state index is 2.56. The van der Waals surface area contributed by atoms with E-state index in [2.05, 4.69) is 104 Å². The first kappa shape index (κ1) is 14.8. The molecule has 0 bridgehead atoms. The van der Waals surface area contributed by atoms with Crippen LogP contribution in [0.4, 0.5) is 0 Å². The zero-order valence-electron chi connectivity index (χ0n) is 12.9. The largest absolute Gasteiger partial charge is 0.151 e. The van der Waals surface area contributed by atoms with Gasteiger partial charge in [-0.3, -0.25) is 0 Å². The highest BCUT2D eigenvalue weighted by molar-refractivity contribution is 7.13. The van der Waals surface area contributed by atoms with Crippen LogP contribution in [0.15, 0.2) is 91.0 Å². The first-order chi connectivity index (χ1) is 10.9. The molecule has 0 amide bonds. The SMILES string of the molecule is CC[CH][Si](c1ccccc1)(c1ccccc1)c1ccccc1. The fraction of sp³-hybridized carbons (Fsp3) is 0.0952. The van der Waals surface area contributed by atoms with E-state index in [0.717, 1.165) is 6.42 Å². The topological polar surface area (TPSA) is 0 Å². The lowest BCUT2D eigenvalue weighted by Gasteiger charge is -2.33. The Morgan fingerprint density at radius 1 is 0.591 bits per heavy atom. The van der Waals surface area contributed by atoms with E-state index in [4.69, 9.17) is 0 Å². The first-order valence-electron chi connectivity index (χ1n) is 7.89. The Kier molecular flexibility index (Phi) is 4.55. The Labute approximate surface area is 134 Å². The van der Waals surface area contributed by atoms with Crippen molar-refractivity contribution < 1.29 is 0 Å². The fourth-order valence-corrected chi connectivity index (χ4v) is 7.74. The lowest BCUT2D eigenvalue weighted by molar-refractivity contribution is 1.18. The van der Waals surface area contributed by atoms with Gasteiger partial charge < -0.3 is 0 Å². The maximum Gasteiger partial charge on any atom is 0.151 e. The van der Waals surface area contributed by atoms with Crippen LogP contribution in [0.3, 0.4) is 0 Å². The predicted molar refractivity (Wildman–Crippen MR) is 98.6 cm³/mol. The smallest absolute Gasteiger partial charge is 0.0654 e. The van der Waals surface area contributed by atoms with Crippen LogP contribution in [-0.2, 0) is 0 Å². The molecule has 0 unspecified atom stereocenters. The lowest BCUT2D eigenvalue weighted by Crippen LogP contribution is -2.67. The van der Waals surface area contributed by atoms with E-state index < -0.39 is 8.07 Å². The van der Waals surface area contributed by atoms with Gasteiger partial charge in [0.05, 0.1) is 0 Å². The molecule has 1 heteroatoms. The Hall–Kier alpha value is -2.12. The highest BCUT2D eigenvalue weighted by atomic mass is 28.3. The van der Waals surface area contributed by atoms with Crippen LogP contribution in [0.2, 0.25) is 0 Å². The molecule has 0 fully saturated rings. The lowest BCUT2D eigenvalue weighted by atomic mass is 10.3. The minimum absolute atomic E-state index is 1.07. The van der Waals surface area contributed by atoms with E-state index in [0.29, 0.717) is 0 Å². The first-order valence-corrected chi connectivity index (χ1v) is 9.96. The second kappa shape index (κ2) is 6.76. The van der Waals surface area contributed by atoms with E-state index in [1.54, 1.807) is 0 Å². The number of hydrogen-bond donors (Lipinski definition) is 0. The summed E-state index contributed by atoms with van der Waals surface area (Å²) in [5.41, 5.74) is 0. The highest BCUT2D eigenvalue weighted by Gasteiger charge is 2.38. The fourth-order valence-electron chi connectivity index (χ4n) is 3.26. The van der Waals surface area contributed by atoms with Crippen LogP contribution in [0.25, 0.3) is 0 Å². The van der Waals surface area contributed by atoms with Crippen molar-refractivity contribution in [1.82, 2.24) is 0 Å². The van der Waals surface area contributed by atoms with Crippen molar-refractivity contribution in [3.05, 3.63) is 97.0 Å². The Morgan fingerprint density at radius 2 is 0.909 bits per heavy atom. The predicted octanol–water partition coefficient (Wildman–Crippen LogP) is 3.31. The molecule has 0 aliphatic carbocycles. The number of benzene rings is 3. The standard InChI is InChI=1S/C21H21Si/c1-2-18-22(19-12-6-3-7-13-19,20-14-8-4-9-15-20)21-16-10-5-11-17-21/h3-18H,2H2,1H3. The van der Waals surface area contributed by atoms with Crippen molar-refractivity contribution in [3.63, 3.8) is 0 Å². The van der Waals surface area contributed by atoms with Crippen molar-refractivity contribution in [2.75, 3.05) is 0 Å². The summed E-state index contributed by atoms with van der Waals surface area (Å²) in [5.74, 6) is 0. The molecule has 0 saturated heterocycles. The molecule has 109 valence electrons. The van der Waals surface area contributed by atoms with Crippen LogP contribution < -0.4 is 15.6 Å². The molecule has 0 aromatic heterocycles. The summed E-state index contributed by atoms with van der Waals surface area (Å²) in [7, 11) is -2.05. The van der Waals surface area contributed by atoms with Gasteiger partial charge in [-0.2, -0.15) is 0 Å². The van der Waals surface area contributed by atoms with E-state index in [1.807, 2.05) is 0 Å². The zero-order valence-corrected chi connectivity index (χ0v) is 13.9. The van der Waals surface area contributed by atoms with E-state index in [1.165, 1.54) is 15.6 Å². The van der Waals surface area contributed by atoms with Crippen molar-refractivity contribution >= 4 is 23.6 Å². The minimum Gasteiger partial charge on any atom is -0.0654 e. The van der Waals surface area contributed by atoms with Crippen molar-refractivity contribution in [3.8, 4) is 0 Å². The van der Waals surface area contributed by atoms with Gasteiger partial charge in [0.15, 0.2) is 8.07 Å². The summed E-state index contributed by atoms with van der Waals surface area (Å²) in [6, 6.07) is 35.6. The molecule has 0 aliphatic rings. The van der Waals surface area contributed by atoms with Gasteiger partial charge in [-0.25, -0.2) is 0 Å². The van der Waals surface area contributed by atoms with Gasteiger partial charge in [0.25, 0.3) is 0 Å². The third-order valence-corrected chi connectivity index (χ3v) is 8.95. The average Bonchev–Trinajstić information content (AvgIpc) is 2.62. The molecule has 0 saturated carbocycles. The monoisotopic (exact) mass is 301 g/mol. The zero-order chi connectivity index (χ0) is 15.3. The molecule has 0 heterocycles. The van der Waals surface area contributed by atoms with E-state index >= 15 is 0 Å². The summed E-state index contributed by atoms with van der Waals surface area (Å²) in [5, 5.41) is 4.36. The van der Waals surface area contributed by atoms with Crippen molar-refractivity contribution in [2.45, 2.75) is 13.3 Å². The average molecular weight is 301 g/mol. The van der Waals surface area contributed by atoms with Crippen LogP contribution in [0.1, 0.15) is 13.3 Å². The molecular formula is C21H21Si. The van der Waals surface area contributed by atoms with Crippen LogP contribution in [0.5, 0.6) is 0 Å². The molecule has 0 atom stereocenters. The third-order valence-electron chi connectivity index (χ3n) is 4.20. The maximum absolute atomic E-state index is 2.56. The normalized spacial score (nSPS) is 11.3. The molecule has 22 heavy (non-hydrogen) atoms. The molecule has 1 radical (unpaired) electrons. The molecule has 0 aliphatic heterocycles. The summed E-state index contributed by atoms with van der Waals surface area (Å²) in [4.78, 5) is 0. The van der Waals surface area contributed by atoms with Crippen LogP contribution in [0, 0.1) is 6.04 Å². The quantitative estimate of drug-likeness (QED) is 0.501. The van der Waals surface area contributed by atoms with E-state index in [9.17, 15) is 0 Å². The van der Waals surface area contributed by atoms with Gasteiger partial charge in [0, 0.05) is 0 Å². The summed E-state index contributed by atoms with van der Waals surface area (Å²) in [6.45, 7) is 2.25. The van der Waals surface area contributed by atoms with E-state index in [-0.39, 0.29) is 0 Å². The van der Waals surface area contributed by atoms with Gasteiger partial charge in [-0.05, 0) is 21.6 Å².